The number of aromatic nitrogens is 3. The molecule has 2 rings (SSSR count). The summed E-state index contributed by atoms with van der Waals surface area (Å²) in [5.74, 6) is 1.11. The predicted molar refractivity (Wildman–Crippen MR) is 81.6 cm³/mol. The Morgan fingerprint density at radius 2 is 2.19 bits per heavy atom. The Morgan fingerprint density at radius 3 is 2.86 bits per heavy atom. The van der Waals surface area contributed by atoms with Gasteiger partial charge in [0.05, 0.1) is 5.69 Å². The van der Waals surface area contributed by atoms with Gasteiger partial charge in [0.1, 0.15) is 0 Å². The van der Waals surface area contributed by atoms with E-state index in [1.807, 2.05) is 29.6 Å². The maximum absolute atomic E-state index is 11.9. The van der Waals surface area contributed by atoms with Crippen molar-refractivity contribution in [3.63, 3.8) is 0 Å². The van der Waals surface area contributed by atoms with Gasteiger partial charge in [0.15, 0.2) is 0 Å². The number of carbonyl (C=O) groups is 1. The van der Waals surface area contributed by atoms with Crippen LogP contribution >= 0.6 is 0 Å². The molecule has 1 aromatic rings. The Kier molecular flexibility index (Phi) is 6.17. The van der Waals surface area contributed by atoms with Gasteiger partial charge in [-0.1, -0.05) is 5.21 Å². The highest BCUT2D eigenvalue weighted by Gasteiger charge is 2.20. The van der Waals surface area contributed by atoms with E-state index < -0.39 is 0 Å². The lowest BCUT2D eigenvalue weighted by molar-refractivity contribution is -0.130. The molecule has 0 saturated heterocycles. The van der Waals surface area contributed by atoms with Gasteiger partial charge in [-0.15, -0.1) is 5.10 Å². The van der Waals surface area contributed by atoms with Crippen molar-refractivity contribution in [1.82, 2.24) is 25.2 Å². The van der Waals surface area contributed by atoms with Crippen molar-refractivity contribution in [2.24, 2.45) is 5.92 Å². The van der Waals surface area contributed by atoms with E-state index in [4.69, 9.17) is 0 Å². The smallest absolute Gasteiger partial charge is 0.222 e. The van der Waals surface area contributed by atoms with Crippen LogP contribution in [0.25, 0.3) is 0 Å². The quantitative estimate of drug-likeness (QED) is 0.709. The molecule has 1 heterocycles. The fourth-order valence-corrected chi connectivity index (χ4v) is 2.38. The Labute approximate surface area is 126 Å². The normalized spacial score (nSPS) is 14.4. The summed E-state index contributed by atoms with van der Waals surface area (Å²) < 4.78 is 1.84. The van der Waals surface area contributed by atoms with Crippen LogP contribution in [0.4, 0.5) is 0 Å². The second-order valence-corrected chi connectivity index (χ2v) is 5.72. The molecule has 0 spiro atoms. The number of aryl methyl sites for hydroxylation is 1. The molecule has 21 heavy (non-hydrogen) atoms. The van der Waals surface area contributed by atoms with Crippen LogP contribution in [-0.4, -0.2) is 45.4 Å². The van der Waals surface area contributed by atoms with Crippen LogP contribution < -0.4 is 5.32 Å². The number of nitrogens with zero attached hydrogens (tertiary/aromatic N) is 4. The number of carbonyl (C=O) groups excluding carboxylic acids is 1. The van der Waals surface area contributed by atoms with Crippen molar-refractivity contribution in [3.05, 3.63) is 11.9 Å². The monoisotopic (exact) mass is 293 g/mol. The number of hydrogen-bond acceptors (Lipinski definition) is 4. The zero-order valence-corrected chi connectivity index (χ0v) is 13.2. The topological polar surface area (TPSA) is 63.1 Å². The Morgan fingerprint density at radius 1 is 1.43 bits per heavy atom. The summed E-state index contributed by atoms with van der Waals surface area (Å²) in [6.07, 6.45) is 6.09. The molecule has 1 aliphatic carbocycles. The van der Waals surface area contributed by atoms with E-state index in [-0.39, 0.29) is 5.91 Å². The van der Waals surface area contributed by atoms with Gasteiger partial charge in [-0.25, -0.2) is 0 Å². The van der Waals surface area contributed by atoms with Gasteiger partial charge < -0.3 is 10.2 Å². The Hall–Kier alpha value is -1.43. The molecular formula is C15H27N5O. The molecule has 1 aromatic heterocycles. The maximum atomic E-state index is 11.9. The van der Waals surface area contributed by atoms with E-state index >= 15 is 0 Å². The van der Waals surface area contributed by atoms with Crippen molar-refractivity contribution >= 4 is 5.91 Å². The largest absolute Gasteiger partial charge is 0.343 e. The number of hydrogen-bond donors (Lipinski definition) is 1. The van der Waals surface area contributed by atoms with Gasteiger partial charge in [-0.3, -0.25) is 9.48 Å². The molecule has 0 atom stereocenters. The summed E-state index contributed by atoms with van der Waals surface area (Å²) in [5, 5.41) is 11.7. The molecule has 1 saturated carbocycles. The molecule has 0 aromatic carbocycles. The van der Waals surface area contributed by atoms with Crippen molar-refractivity contribution in [2.75, 3.05) is 19.6 Å². The van der Waals surface area contributed by atoms with Gasteiger partial charge in [0, 0.05) is 38.8 Å². The zero-order valence-electron chi connectivity index (χ0n) is 13.2. The molecule has 0 unspecified atom stereocenters. The van der Waals surface area contributed by atoms with Crippen LogP contribution in [0.2, 0.25) is 0 Å². The van der Waals surface area contributed by atoms with Crippen molar-refractivity contribution in [2.45, 2.75) is 52.6 Å². The highest BCUT2D eigenvalue weighted by atomic mass is 16.2. The zero-order chi connectivity index (χ0) is 15.1. The average molecular weight is 293 g/mol. The third-order valence-electron chi connectivity index (χ3n) is 3.92. The van der Waals surface area contributed by atoms with Gasteiger partial charge >= 0.3 is 0 Å². The molecule has 6 heteroatoms. The van der Waals surface area contributed by atoms with Gasteiger partial charge in [-0.05, 0) is 45.6 Å². The van der Waals surface area contributed by atoms with Crippen LogP contribution in [0.5, 0.6) is 0 Å². The highest BCUT2D eigenvalue weighted by molar-refractivity contribution is 5.75. The van der Waals surface area contributed by atoms with E-state index in [0.29, 0.717) is 6.42 Å². The first-order valence-corrected chi connectivity index (χ1v) is 8.10. The van der Waals surface area contributed by atoms with Gasteiger partial charge in [-0.2, -0.15) is 0 Å². The molecule has 0 aliphatic heterocycles. The fourth-order valence-electron chi connectivity index (χ4n) is 2.38. The van der Waals surface area contributed by atoms with E-state index in [1.54, 1.807) is 0 Å². The number of nitrogens with one attached hydrogen (secondary N) is 1. The van der Waals surface area contributed by atoms with Gasteiger partial charge in [0.25, 0.3) is 0 Å². The highest BCUT2D eigenvalue weighted by Crippen LogP contribution is 2.27. The molecular weight excluding hydrogens is 266 g/mol. The molecule has 1 fully saturated rings. The van der Waals surface area contributed by atoms with E-state index in [1.165, 1.54) is 12.8 Å². The van der Waals surface area contributed by atoms with Crippen LogP contribution in [0.1, 0.15) is 45.2 Å². The first-order valence-electron chi connectivity index (χ1n) is 8.10. The summed E-state index contributed by atoms with van der Waals surface area (Å²) in [5.41, 5.74) is 0.978. The maximum Gasteiger partial charge on any atom is 0.222 e. The summed E-state index contributed by atoms with van der Waals surface area (Å²) in [4.78, 5) is 13.8. The number of amides is 1. The molecule has 1 aliphatic rings. The summed E-state index contributed by atoms with van der Waals surface area (Å²) in [6.45, 7) is 8.23. The van der Waals surface area contributed by atoms with Crippen molar-refractivity contribution in [1.29, 1.82) is 0 Å². The van der Waals surface area contributed by atoms with Crippen molar-refractivity contribution < 1.29 is 4.79 Å². The lowest BCUT2D eigenvalue weighted by Gasteiger charge is -2.18. The minimum atomic E-state index is 0.228. The second kappa shape index (κ2) is 8.12. The minimum Gasteiger partial charge on any atom is -0.343 e. The standard InChI is InChI=1S/C15H27N5O/c1-3-19(4-2)15(21)6-5-9-20-12-14(17-18-20)11-16-10-13-7-8-13/h12-13,16H,3-11H2,1-2H3. The molecule has 6 nitrogen and oxygen atoms in total. The van der Waals surface area contributed by atoms with Crippen LogP contribution in [-0.2, 0) is 17.9 Å². The SMILES string of the molecule is CCN(CC)C(=O)CCCn1cc(CNCC2CC2)nn1. The molecule has 0 radical (unpaired) electrons. The summed E-state index contributed by atoms with van der Waals surface area (Å²) in [7, 11) is 0. The lowest BCUT2D eigenvalue weighted by atomic mass is 10.2. The second-order valence-electron chi connectivity index (χ2n) is 5.72. The van der Waals surface area contributed by atoms with Crippen LogP contribution in [0.3, 0.4) is 0 Å². The molecule has 1 amide bonds. The lowest BCUT2D eigenvalue weighted by Crippen LogP contribution is -2.30. The van der Waals surface area contributed by atoms with E-state index in [0.717, 1.165) is 50.8 Å². The van der Waals surface area contributed by atoms with E-state index in [2.05, 4.69) is 15.6 Å². The van der Waals surface area contributed by atoms with Crippen molar-refractivity contribution in [3.8, 4) is 0 Å². The van der Waals surface area contributed by atoms with E-state index in [9.17, 15) is 4.79 Å². The molecule has 0 bridgehead atoms. The summed E-state index contributed by atoms with van der Waals surface area (Å²) >= 11 is 0. The minimum absolute atomic E-state index is 0.228. The fraction of sp³-hybridized carbons (Fsp3) is 0.800. The summed E-state index contributed by atoms with van der Waals surface area (Å²) in [6, 6.07) is 0. The number of rotatable bonds is 10. The third kappa shape index (κ3) is 5.46. The first kappa shape index (κ1) is 15.9. The average Bonchev–Trinajstić information content (AvgIpc) is 3.19. The predicted octanol–water partition coefficient (Wildman–Crippen LogP) is 1.43. The van der Waals surface area contributed by atoms with Crippen LogP contribution in [0.15, 0.2) is 6.20 Å². The Balaban J connectivity index is 1.63. The first-order chi connectivity index (χ1) is 10.2. The Bertz CT molecular complexity index is 437. The van der Waals surface area contributed by atoms with Gasteiger partial charge in [0.2, 0.25) is 5.91 Å². The molecule has 118 valence electrons. The molecule has 1 N–H and O–H groups in total. The third-order valence-corrected chi connectivity index (χ3v) is 3.92. The van der Waals surface area contributed by atoms with Crippen LogP contribution in [0, 0.1) is 5.92 Å².